The van der Waals surface area contributed by atoms with Crippen LogP contribution >= 0.6 is 0 Å². The van der Waals surface area contributed by atoms with Crippen LogP contribution in [0.2, 0.25) is 0 Å². The van der Waals surface area contributed by atoms with Crippen LogP contribution in [0.5, 0.6) is 0 Å². The van der Waals surface area contributed by atoms with Crippen LogP contribution in [-0.2, 0) is 9.59 Å². The van der Waals surface area contributed by atoms with Crippen molar-refractivity contribution in [1.29, 1.82) is 0 Å². The van der Waals surface area contributed by atoms with Gasteiger partial charge < -0.3 is 10.5 Å². The van der Waals surface area contributed by atoms with Crippen molar-refractivity contribution in [2.45, 2.75) is 93.4 Å². The minimum Gasteiger partial charge on any atom is -0.370 e. The summed E-state index contributed by atoms with van der Waals surface area (Å²) in [6.45, 7) is 14.3. The third-order valence-corrected chi connectivity index (χ3v) is 3.48. The van der Waals surface area contributed by atoms with E-state index in [4.69, 9.17) is 5.73 Å². The lowest BCUT2D eigenvalue weighted by atomic mass is 9.95. The van der Waals surface area contributed by atoms with E-state index < -0.39 is 5.91 Å². The maximum Gasteiger partial charge on any atom is 0.218 e. The first-order valence-electron chi connectivity index (χ1n) is 9.23. The number of hydrogen-bond donors (Lipinski definition) is 1. The molecule has 0 aromatic heterocycles. The van der Waals surface area contributed by atoms with Crippen LogP contribution in [-0.4, -0.2) is 12.2 Å². The number of hydrogen-bond acceptors (Lipinski definition) is 2. The fraction of sp³-hybridized carbons (Fsp3) is 0.895. The largest absolute Gasteiger partial charge is 0.370 e. The molecule has 1 saturated carbocycles. The molecule has 0 bridgehead atoms. The molecule has 1 amide bonds. The number of primary amides is 1. The van der Waals surface area contributed by atoms with Gasteiger partial charge in [0.15, 0.2) is 0 Å². The van der Waals surface area contributed by atoms with Gasteiger partial charge in [0.25, 0.3) is 0 Å². The molecule has 1 rings (SSSR count). The molecule has 3 nitrogen and oxygen atoms in total. The highest BCUT2D eigenvalue weighted by atomic mass is 16.1. The molecule has 0 spiro atoms. The number of amides is 1. The zero-order chi connectivity index (χ0) is 18.0. The minimum atomic E-state index is -0.400. The minimum absolute atomic E-state index is 0.182. The fourth-order valence-corrected chi connectivity index (χ4v) is 2.47. The summed E-state index contributed by atoms with van der Waals surface area (Å²) in [6.07, 6.45) is 9.17. The molecule has 0 aliphatic heterocycles. The summed E-state index contributed by atoms with van der Waals surface area (Å²) < 4.78 is 0. The Bertz CT molecular complexity index is 234. The average molecular weight is 316 g/mol. The van der Waals surface area contributed by atoms with Crippen LogP contribution in [0.1, 0.15) is 93.4 Å². The number of rotatable bonds is 6. The van der Waals surface area contributed by atoms with E-state index in [1.54, 1.807) is 0 Å². The van der Waals surface area contributed by atoms with Gasteiger partial charge >= 0.3 is 0 Å². The third-order valence-electron chi connectivity index (χ3n) is 3.48. The quantitative estimate of drug-likeness (QED) is 0.670. The molecule has 1 atom stereocenters. The van der Waals surface area contributed by atoms with Crippen molar-refractivity contribution in [2.24, 2.45) is 23.5 Å². The van der Waals surface area contributed by atoms with Crippen LogP contribution in [0.3, 0.4) is 0 Å². The lowest BCUT2D eigenvalue weighted by molar-refractivity contribution is -0.122. The van der Waals surface area contributed by atoms with E-state index in [0.29, 0.717) is 5.92 Å². The van der Waals surface area contributed by atoms with Gasteiger partial charge in [0, 0.05) is 12.3 Å². The average Bonchev–Trinajstić information content (AvgIpc) is 3.04. The first kappa shape index (κ1) is 26.1. The van der Waals surface area contributed by atoms with E-state index in [1.165, 1.54) is 32.1 Å². The lowest BCUT2D eigenvalue weighted by Crippen LogP contribution is -2.18. The number of carbonyl (C=O) groups excluding carboxylic acids is 2. The van der Waals surface area contributed by atoms with Crippen LogP contribution < -0.4 is 5.73 Å². The molecule has 1 unspecified atom stereocenters. The molecule has 22 heavy (non-hydrogen) atoms. The monoisotopic (exact) mass is 315 g/mol. The molecule has 134 valence electrons. The lowest BCUT2D eigenvalue weighted by Gasteiger charge is -2.09. The summed E-state index contributed by atoms with van der Waals surface area (Å²) in [5.74, 6) is 0.944. The van der Waals surface area contributed by atoms with E-state index in [2.05, 4.69) is 6.92 Å². The highest BCUT2D eigenvalue weighted by Crippen LogP contribution is 2.26. The summed E-state index contributed by atoms with van der Waals surface area (Å²) in [6, 6.07) is 0. The second kappa shape index (κ2) is 20.1. The van der Waals surface area contributed by atoms with Crippen LogP contribution in [0, 0.1) is 17.8 Å². The van der Waals surface area contributed by atoms with Gasteiger partial charge in [-0.1, -0.05) is 80.6 Å². The number of nitrogens with two attached hydrogens (primary N) is 1. The molecular weight excluding hydrogens is 274 g/mol. The zero-order valence-corrected chi connectivity index (χ0v) is 16.2. The molecule has 0 aromatic rings. The highest BCUT2D eigenvalue weighted by molar-refractivity contribution is 5.77. The molecule has 0 aromatic carbocycles. The van der Waals surface area contributed by atoms with Crippen LogP contribution in [0.15, 0.2) is 0 Å². The van der Waals surface area contributed by atoms with Gasteiger partial charge in [-0.25, -0.2) is 0 Å². The van der Waals surface area contributed by atoms with E-state index in [0.717, 1.165) is 18.6 Å². The van der Waals surface area contributed by atoms with E-state index in [-0.39, 0.29) is 12.3 Å². The van der Waals surface area contributed by atoms with Crippen LogP contribution in [0.25, 0.3) is 0 Å². The normalized spacial score (nSPS) is 14.5. The van der Waals surface area contributed by atoms with Gasteiger partial charge in [-0.05, 0) is 18.3 Å². The van der Waals surface area contributed by atoms with Gasteiger partial charge in [-0.2, -0.15) is 0 Å². The van der Waals surface area contributed by atoms with Gasteiger partial charge in [0.05, 0.1) is 0 Å². The van der Waals surface area contributed by atoms with Crippen molar-refractivity contribution < 1.29 is 9.59 Å². The van der Waals surface area contributed by atoms with Crippen molar-refractivity contribution in [2.75, 3.05) is 0 Å². The molecule has 1 aliphatic rings. The highest BCUT2D eigenvalue weighted by Gasteiger charge is 2.12. The molecule has 3 heteroatoms. The number of aldehydes is 1. The zero-order valence-electron chi connectivity index (χ0n) is 16.2. The molecule has 0 heterocycles. The number of carbonyl (C=O) groups is 2. The summed E-state index contributed by atoms with van der Waals surface area (Å²) in [4.78, 5) is 20.8. The molecular formula is C19H41NO2. The van der Waals surface area contributed by atoms with E-state index in [1.807, 2.05) is 41.5 Å². The Kier molecular flexibility index (Phi) is 23.9. The first-order chi connectivity index (χ1) is 10.5. The Hall–Kier alpha value is -0.860. The SMILES string of the molecule is CC.CC.CC(C)CC(C=O)CC(N)=O.CCC1CCCC1. The molecule has 2 N–H and O–H groups in total. The van der Waals surface area contributed by atoms with Crippen molar-refractivity contribution in [1.82, 2.24) is 0 Å². The summed E-state index contributed by atoms with van der Waals surface area (Å²) in [5, 5.41) is 0. The van der Waals surface area contributed by atoms with Gasteiger partial charge in [0.2, 0.25) is 5.91 Å². The Morgan fingerprint density at radius 1 is 1.14 bits per heavy atom. The van der Waals surface area contributed by atoms with Crippen LogP contribution in [0.4, 0.5) is 0 Å². The Labute approximate surface area is 139 Å². The smallest absolute Gasteiger partial charge is 0.218 e. The van der Waals surface area contributed by atoms with E-state index >= 15 is 0 Å². The Morgan fingerprint density at radius 3 is 1.82 bits per heavy atom. The van der Waals surface area contributed by atoms with Gasteiger partial charge in [0.1, 0.15) is 6.29 Å². The summed E-state index contributed by atoms with van der Waals surface area (Å²) in [7, 11) is 0. The van der Waals surface area contributed by atoms with Crippen molar-refractivity contribution in [3.05, 3.63) is 0 Å². The van der Waals surface area contributed by atoms with E-state index in [9.17, 15) is 9.59 Å². The predicted octanol–water partition coefficient (Wildman–Crippen LogP) is 5.36. The van der Waals surface area contributed by atoms with Gasteiger partial charge in [-0.15, -0.1) is 0 Å². The third kappa shape index (κ3) is 19.1. The molecule has 1 aliphatic carbocycles. The molecule has 0 saturated heterocycles. The topological polar surface area (TPSA) is 60.2 Å². The second-order valence-electron chi connectivity index (χ2n) is 5.75. The Morgan fingerprint density at radius 2 is 1.59 bits per heavy atom. The van der Waals surface area contributed by atoms with Crippen molar-refractivity contribution in [3.63, 3.8) is 0 Å². The first-order valence-corrected chi connectivity index (χ1v) is 9.23. The second-order valence-corrected chi connectivity index (χ2v) is 5.75. The Balaban J connectivity index is -0.000000280. The molecule has 1 fully saturated rings. The summed E-state index contributed by atoms with van der Waals surface area (Å²) in [5.41, 5.74) is 4.95. The standard InChI is InChI=1S/C8H15NO2.C7H14.2C2H6/c1-6(2)3-7(5-10)4-8(9)11;1-2-7-5-3-4-6-7;2*1-2/h5-7H,3-4H2,1-2H3,(H2,9,11);7H,2-6H2,1H3;2*1-2H3. The fourth-order valence-electron chi connectivity index (χ4n) is 2.47. The maximum atomic E-state index is 10.4. The summed E-state index contributed by atoms with van der Waals surface area (Å²) >= 11 is 0. The van der Waals surface area contributed by atoms with Crippen molar-refractivity contribution in [3.8, 4) is 0 Å². The predicted molar refractivity (Wildman–Crippen MR) is 97.8 cm³/mol. The maximum absolute atomic E-state index is 10.4. The molecule has 0 radical (unpaired) electrons. The van der Waals surface area contributed by atoms with Crippen molar-refractivity contribution >= 4 is 12.2 Å². The van der Waals surface area contributed by atoms with Gasteiger partial charge in [-0.3, -0.25) is 4.79 Å².